The lowest BCUT2D eigenvalue weighted by Crippen LogP contribution is -2.67. The van der Waals surface area contributed by atoms with Gasteiger partial charge in [0, 0.05) is 13.2 Å². The van der Waals surface area contributed by atoms with Gasteiger partial charge in [0.2, 0.25) is 0 Å². The minimum atomic E-state index is -1.97. The maximum absolute atomic E-state index is 6.41. The van der Waals surface area contributed by atoms with Crippen LogP contribution in [0, 0.1) is 0 Å². The molecule has 2 aromatic rings. The molecule has 110 valence electrons. The molecule has 0 bridgehead atoms. The third kappa shape index (κ3) is 2.69. The van der Waals surface area contributed by atoms with Crippen molar-refractivity contribution in [2.75, 3.05) is 19.4 Å². The molecule has 1 atom stereocenters. The zero-order valence-electron chi connectivity index (χ0n) is 12.4. The van der Waals surface area contributed by atoms with Gasteiger partial charge in [0.05, 0.1) is 0 Å². The number of hydrogen-bond acceptors (Lipinski definition) is 2. The van der Waals surface area contributed by atoms with E-state index in [1.807, 2.05) is 0 Å². The van der Waals surface area contributed by atoms with Gasteiger partial charge in [0.25, 0.3) is 0 Å². The quantitative estimate of drug-likeness (QED) is 0.875. The van der Waals surface area contributed by atoms with Crippen LogP contribution in [0.5, 0.6) is 0 Å². The summed E-state index contributed by atoms with van der Waals surface area (Å²) in [6.07, 6.45) is 3.13. The summed E-state index contributed by atoms with van der Waals surface area (Å²) in [5.74, 6) is 0. The van der Waals surface area contributed by atoms with Crippen LogP contribution in [-0.4, -0.2) is 27.5 Å². The monoisotopic (exact) mass is 297 g/mol. The molecule has 0 saturated carbocycles. The minimum absolute atomic E-state index is 0.570. The van der Waals surface area contributed by atoms with Crippen molar-refractivity contribution in [3.63, 3.8) is 0 Å². The molecule has 21 heavy (non-hydrogen) atoms. The SMILES string of the molecule is NC[Si](c1ccccc1)(c1ccccc1)C1CCCOC1. The van der Waals surface area contributed by atoms with Gasteiger partial charge in [-0.2, -0.15) is 0 Å². The molecular formula is C18H23NOSi. The van der Waals surface area contributed by atoms with Crippen LogP contribution in [0.15, 0.2) is 60.7 Å². The fraction of sp³-hybridized carbons (Fsp3) is 0.333. The van der Waals surface area contributed by atoms with Crippen LogP contribution in [0.25, 0.3) is 0 Å². The molecular weight excluding hydrogens is 274 g/mol. The van der Waals surface area contributed by atoms with Gasteiger partial charge in [-0.05, 0) is 24.6 Å². The average molecular weight is 297 g/mol. The molecule has 1 heterocycles. The van der Waals surface area contributed by atoms with E-state index in [1.165, 1.54) is 16.8 Å². The number of benzene rings is 2. The molecule has 0 amide bonds. The zero-order chi connectivity index (χ0) is 14.5. The third-order valence-corrected chi connectivity index (χ3v) is 9.98. The molecule has 0 aliphatic carbocycles. The van der Waals surface area contributed by atoms with Crippen LogP contribution < -0.4 is 16.1 Å². The van der Waals surface area contributed by atoms with Crippen LogP contribution in [0.1, 0.15) is 12.8 Å². The Hall–Kier alpha value is -1.42. The zero-order valence-corrected chi connectivity index (χ0v) is 13.4. The van der Waals surface area contributed by atoms with E-state index < -0.39 is 8.07 Å². The first-order valence-electron chi connectivity index (χ1n) is 7.77. The third-order valence-electron chi connectivity index (χ3n) is 4.76. The van der Waals surface area contributed by atoms with E-state index in [9.17, 15) is 0 Å². The van der Waals surface area contributed by atoms with Crippen molar-refractivity contribution < 1.29 is 4.74 Å². The van der Waals surface area contributed by atoms with Gasteiger partial charge in [0.15, 0.2) is 0 Å². The molecule has 0 spiro atoms. The molecule has 0 aromatic heterocycles. The lowest BCUT2D eigenvalue weighted by atomic mass is 10.2. The molecule has 1 saturated heterocycles. The second-order valence-corrected chi connectivity index (χ2v) is 10.1. The Kier molecular flexibility index (Phi) is 4.53. The average Bonchev–Trinajstić information content (AvgIpc) is 2.59. The van der Waals surface area contributed by atoms with Crippen LogP contribution >= 0.6 is 0 Å². The highest BCUT2D eigenvalue weighted by molar-refractivity contribution is 7.03. The van der Waals surface area contributed by atoms with E-state index in [1.54, 1.807) is 0 Å². The van der Waals surface area contributed by atoms with Crippen LogP contribution in [0.4, 0.5) is 0 Å². The van der Waals surface area contributed by atoms with E-state index in [0.717, 1.165) is 25.8 Å². The molecule has 2 N–H and O–H groups in total. The summed E-state index contributed by atoms with van der Waals surface area (Å²) in [7, 11) is -1.97. The Morgan fingerprint density at radius 2 is 1.52 bits per heavy atom. The smallest absolute Gasteiger partial charge is 0.136 e. The normalized spacial score (nSPS) is 19.4. The van der Waals surface area contributed by atoms with Crippen molar-refractivity contribution in [1.82, 2.24) is 0 Å². The summed E-state index contributed by atoms with van der Waals surface area (Å²) in [6.45, 7) is 1.75. The predicted octanol–water partition coefficient (Wildman–Crippen LogP) is 1.93. The first-order valence-corrected chi connectivity index (χ1v) is 10.1. The summed E-state index contributed by atoms with van der Waals surface area (Å²) in [5, 5.41) is 2.88. The topological polar surface area (TPSA) is 35.2 Å². The molecule has 0 radical (unpaired) electrons. The Labute approximate surface area is 128 Å². The summed E-state index contributed by atoms with van der Waals surface area (Å²) < 4.78 is 5.81. The fourth-order valence-corrected chi connectivity index (χ4v) is 8.40. The summed E-state index contributed by atoms with van der Waals surface area (Å²) in [6, 6.07) is 21.8. The number of hydrogen-bond donors (Lipinski definition) is 1. The molecule has 3 heteroatoms. The Balaban J connectivity index is 2.12. The van der Waals surface area contributed by atoms with Crippen LogP contribution in [-0.2, 0) is 4.74 Å². The van der Waals surface area contributed by atoms with Crippen molar-refractivity contribution in [2.45, 2.75) is 18.4 Å². The summed E-state index contributed by atoms with van der Waals surface area (Å²) in [5.41, 5.74) is 6.98. The van der Waals surface area contributed by atoms with E-state index in [-0.39, 0.29) is 0 Å². The number of rotatable bonds is 4. The number of nitrogens with two attached hydrogens (primary N) is 1. The van der Waals surface area contributed by atoms with Crippen molar-refractivity contribution in [3.05, 3.63) is 60.7 Å². The molecule has 1 fully saturated rings. The van der Waals surface area contributed by atoms with Crippen molar-refractivity contribution >= 4 is 18.4 Å². The second-order valence-electron chi connectivity index (χ2n) is 5.82. The Bertz CT molecular complexity index is 512. The lowest BCUT2D eigenvalue weighted by molar-refractivity contribution is 0.0954. The maximum atomic E-state index is 6.41. The first kappa shape index (κ1) is 14.5. The van der Waals surface area contributed by atoms with Gasteiger partial charge < -0.3 is 10.5 Å². The fourth-order valence-electron chi connectivity index (χ4n) is 3.64. The number of ether oxygens (including phenoxy) is 1. The highest BCUT2D eigenvalue weighted by Crippen LogP contribution is 2.29. The standard InChI is InChI=1S/C18H23NOSi/c19-15-21(16-8-3-1-4-9-16,17-10-5-2-6-11-17)18-12-7-13-20-14-18/h1-6,8-11,18H,7,12-15,19H2. The van der Waals surface area contributed by atoms with E-state index in [2.05, 4.69) is 60.7 Å². The van der Waals surface area contributed by atoms with Crippen molar-refractivity contribution in [3.8, 4) is 0 Å². The van der Waals surface area contributed by atoms with Gasteiger partial charge in [-0.1, -0.05) is 71.0 Å². The molecule has 2 nitrogen and oxygen atoms in total. The van der Waals surface area contributed by atoms with Crippen molar-refractivity contribution in [2.24, 2.45) is 5.73 Å². The molecule has 3 rings (SSSR count). The highest BCUT2D eigenvalue weighted by Gasteiger charge is 2.44. The lowest BCUT2D eigenvalue weighted by Gasteiger charge is -2.41. The van der Waals surface area contributed by atoms with Gasteiger partial charge in [-0.15, -0.1) is 0 Å². The molecule has 1 aliphatic rings. The predicted molar refractivity (Wildman–Crippen MR) is 90.8 cm³/mol. The first-order chi connectivity index (χ1) is 10.4. The Morgan fingerprint density at radius 3 is 1.95 bits per heavy atom. The maximum Gasteiger partial charge on any atom is 0.136 e. The molecule has 2 aromatic carbocycles. The van der Waals surface area contributed by atoms with Gasteiger partial charge in [-0.3, -0.25) is 0 Å². The van der Waals surface area contributed by atoms with E-state index in [4.69, 9.17) is 10.5 Å². The van der Waals surface area contributed by atoms with E-state index >= 15 is 0 Å². The van der Waals surface area contributed by atoms with Gasteiger partial charge in [-0.25, -0.2) is 0 Å². The minimum Gasteiger partial charge on any atom is -0.381 e. The molecule has 1 aliphatic heterocycles. The van der Waals surface area contributed by atoms with Crippen LogP contribution in [0.3, 0.4) is 0 Å². The van der Waals surface area contributed by atoms with E-state index in [0.29, 0.717) is 5.54 Å². The second kappa shape index (κ2) is 6.56. The largest absolute Gasteiger partial charge is 0.381 e. The summed E-state index contributed by atoms with van der Waals surface area (Å²) >= 11 is 0. The Morgan fingerprint density at radius 1 is 0.952 bits per heavy atom. The van der Waals surface area contributed by atoms with Gasteiger partial charge >= 0.3 is 0 Å². The van der Waals surface area contributed by atoms with Crippen LogP contribution in [0.2, 0.25) is 5.54 Å². The highest BCUT2D eigenvalue weighted by atomic mass is 28.3. The van der Waals surface area contributed by atoms with Gasteiger partial charge in [0.1, 0.15) is 8.07 Å². The molecule has 1 unspecified atom stereocenters. The van der Waals surface area contributed by atoms with Crippen molar-refractivity contribution in [1.29, 1.82) is 0 Å². The summed E-state index contributed by atoms with van der Waals surface area (Å²) in [4.78, 5) is 0.